The molecule has 2 rings (SSSR count). The fraction of sp³-hybridized carbons (Fsp3) is 0. The van der Waals surface area contributed by atoms with E-state index in [-0.39, 0.29) is 11.5 Å². The van der Waals surface area contributed by atoms with E-state index >= 15 is 0 Å². The van der Waals surface area contributed by atoms with Crippen LogP contribution in [0.15, 0.2) is 30.5 Å². The summed E-state index contributed by atoms with van der Waals surface area (Å²) in [5.74, 6) is -2.01. The van der Waals surface area contributed by atoms with Gasteiger partial charge in [0.25, 0.3) is 0 Å². The summed E-state index contributed by atoms with van der Waals surface area (Å²) in [6, 6.07) is 6.34. The molecule has 0 saturated heterocycles. The SMILES string of the molecule is NC(=O)c1cccc(-c2cnc(N)c(C(=O)O)n2)c1. The summed E-state index contributed by atoms with van der Waals surface area (Å²) in [5, 5.41) is 8.92. The molecule has 0 radical (unpaired) electrons. The Balaban J connectivity index is 2.53. The zero-order valence-electron chi connectivity index (χ0n) is 9.70. The van der Waals surface area contributed by atoms with E-state index in [4.69, 9.17) is 16.6 Å². The number of nitrogens with two attached hydrogens (primary N) is 2. The lowest BCUT2D eigenvalue weighted by molar-refractivity contribution is 0.0691. The highest BCUT2D eigenvalue weighted by molar-refractivity contribution is 5.94. The van der Waals surface area contributed by atoms with Gasteiger partial charge in [0.05, 0.1) is 11.9 Å². The number of primary amides is 1. The summed E-state index contributed by atoms with van der Waals surface area (Å²) in [4.78, 5) is 29.7. The van der Waals surface area contributed by atoms with Gasteiger partial charge in [-0.15, -0.1) is 0 Å². The van der Waals surface area contributed by atoms with Gasteiger partial charge in [-0.3, -0.25) is 4.79 Å². The van der Waals surface area contributed by atoms with Gasteiger partial charge in [0.2, 0.25) is 5.91 Å². The molecule has 0 saturated carbocycles. The van der Waals surface area contributed by atoms with E-state index in [2.05, 4.69) is 9.97 Å². The quantitative estimate of drug-likeness (QED) is 0.735. The number of amides is 1. The molecule has 0 unspecified atom stereocenters. The average Bonchev–Trinajstić information content (AvgIpc) is 2.39. The first kappa shape index (κ1) is 12.5. The van der Waals surface area contributed by atoms with Crippen LogP contribution in [0.4, 0.5) is 5.82 Å². The second-order valence-electron chi connectivity index (χ2n) is 3.74. The molecular weight excluding hydrogens is 248 g/mol. The van der Waals surface area contributed by atoms with E-state index in [9.17, 15) is 9.59 Å². The Hall–Kier alpha value is -2.96. The predicted molar refractivity (Wildman–Crippen MR) is 67.4 cm³/mol. The molecule has 0 fully saturated rings. The molecule has 1 heterocycles. The molecule has 0 atom stereocenters. The van der Waals surface area contributed by atoms with Crippen LogP contribution in [0.1, 0.15) is 20.8 Å². The van der Waals surface area contributed by atoms with Crippen molar-refractivity contribution in [2.75, 3.05) is 5.73 Å². The molecule has 7 nitrogen and oxygen atoms in total. The second kappa shape index (κ2) is 4.73. The minimum atomic E-state index is -1.27. The van der Waals surface area contributed by atoms with Gasteiger partial charge in [-0.2, -0.15) is 0 Å². The van der Waals surface area contributed by atoms with Crippen LogP contribution in [0.25, 0.3) is 11.3 Å². The van der Waals surface area contributed by atoms with Gasteiger partial charge in [-0.25, -0.2) is 14.8 Å². The number of hydrogen-bond acceptors (Lipinski definition) is 5. The Bertz CT molecular complexity index is 670. The summed E-state index contributed by atoms with van der Waals surface area (Å²) < 4.78 is 0. The molecule has 1 aromatic carbocycles. The number of carboxylic acid groups (broad SMARTS) is 1. The number of anilines is 1. The predicted octanol–water partition coefficient (Wildman–Crippen LogP) is 0.523. The zero-order valence-corrected chi connectivity index (χ0v) is 9.70. The smallest absolute Gasteiger partial charge is 0.358 e. The van der Waals surface area contributed by atoms with Crippen LogP contribution in [0, 0.1) is 0 Å². The van der Waals surface area contributed by atoms with Crippen molar-refractivity contribution in [3.8, 4) is 11.3 Å². The minimum Gasteiger partial charge on any atom is -0.476 e. The molecule has 2 aromatic rings. The van der Waals surface area contributed by atoms with E-state index in [1.54, 1.807) is 18.2 Å². The number of nitrogens with zero attached hydrogens (tertiary/aromatic N) is 2. The van der Waals surface area contributed by atoms with Crippen LogP contribution in [0.2, 0.25) is 0 Å². The fourth-order valence-electron chi connectivity index (χ4n) is 1.53. The summed E-state index contributed by atoms with van der Waals surface area (Å²) in [7, 11) is 0. The molecule has 1 aromatic heterocycles. The van der Waals surface area contributed by atoms with E-state index in [0.29, 0.717) is 16.8 Å². The number of benzene rings is 1. The number of carboxylic acids is 1. The summed E-state index contributed by atoms with van der Waals surface area (Å²) in [6.07, 6.45) is 1.34. The topological polar surface area (TPSA) is 132 Å². The van der Waals surface area contributed by atoms with Crippen molar-refractivity contribution in [2.45, 2.75) is 0 Å². The Morgan fingerprint density at radius 1 is 1.26 bits per heavy atom. The lowest BCUT2D eigenvalue weighted by Gasteiger charge is -2.05. The van der Waals surface area contributed by atoms with Crippen LogP contribution in [0.5, 0.6) is 0 Å². The summed E-state index contributed by atoms with van der Waals surface area (Å²) in [6.45, 7) is 0. The van der Waals surface area contributed by atoms with E-state index in [0.717, 1.165) is 0 Å². The van der Waals surface area contributed by atoms with Crippen LogP contribution in [-0.2, 0) is 0 Å². The second-order valence-corrected chi connectivity index (χ2v) is 3.74. The number of hydrogen-bond donors (Lipinski definition) is 3. The number of carbonyl (C=O) groups excluding carboxylic acids is 1. The Kier molecular flexibility index (Phi) is 3.11. The number of rotatable bonds is 3. The third-order valence-corrected chi connectivity index (χ3v) is 2.45. The van der Waals surface area contributed by atoms with Crippen molar-refractivity contribution in [1.82, 2.24) is 9.97 Å². The van der Waals surface area contributed by atoms with Crippen molar-refractivity contribution in [3.63, 3.8) is 0 Å². The van der Waals surface area contributed by atoms with E-state index < -0.39 is 11.9 Å². The zero-order chi connectivity index (χ0) is 14.0. The van der Waals surface area contributed by atoms with Crippen LogP contribution in [-0.4, -0.2) is 27.0 Å². The molecule has 0 bridgehead atoms. The molecule has 0 spiro atoms. The van der Waals surface area contributed by atoms with Gasteiger partial charge >= 0.3 is 5.97 Å². The highest BCUT2D eigenvalue weighted by Gasteiger charge is 2.13. The lowest BCUT2D eigenvalue weighted by atomic mass is 10.1. The van der Waals surface area contributed by atoms with Crippen molar-refractivity contribution in [3.05, 3.63) is 41.7 Å². The third kappa shape index (κ3) is 2.49. The highest BCUT2D eigenvalue weighted by atomic mass is 16.4. The van der Waals surface area contributed by atoms with Crippen molar-refractivity contribution in [2.24, 2.45) is 5.73 Å². The monoisotopic (exact) mass is 258 g/mol. The standard InChI is InChI=1S/C12H10N4O3/c13-10-9(12(18)19)16-8(5-15-10)6-2-1-3-7(4-6)11(14)17/h1-5H,(H2,13,15)(H2,14,17)(H,18,19). The first-order valence-electron chi connectivity index (χ1n) is 5.25. The molecular formula is C12H10N4O3. The number of aromatic carboxylic acids is 1. The molecule has 0 aliphatic carbocycles. The molecule has 96 valence electrons. The van der Waals surface area contributed by atoms with Gasteiger partial charge in [-0.1, -0.05) is 12.1 Å². The summed E-state index contributed by atoms with van der Waals surface area (Å²) in [5.41, 5.74) is 11.4. The molecule has 1 amide bonds. The van der Waals surface area contributed by atoms with Crippen molar-refractivity contribution in [1.29, 1.82) is 0 Å². The van der Waals surface area contributed by atoms with Gasteiger partial charge in [0.15, 0.2) is 11.5 Å². The molecule has 19 heavy (non-hydrogen) atoms. The lowest BCUT2D eigenvalue weighted by Crippen LogP contribution is -2.11. The highest BCUT2D eigenvalue weighted by Crippen LogP contribution is 2.19. The summed E-state index contributed by atoms with van der Waals surface area (Å²) >= 11 is 0. The Morgan fingerprint density at radius 2 is 2.00 bits per heavy atom. The number of nitrogen functional groups attached to an aromatic ring is 1. The molecule has 0 aliphatic heterocycles. The van der Waals surface area contributed by atoms with Crippen molar-refractivity contribution >= 4 is 17.7 Å². The van der Waals surface area contributed by atoms with Gasteiger partial charge in [0, 0.05) is 11.1 Å². The van der Waals surface area contributed by atoms with Gasteiger partial charge in [-0.05, 0) is 12.1 Å². The maximum absolute atomic E-state index is 11.1. The molecule has 5 N–H and O–H groups in total. The first-order valence-corrected chi connectivity index (χ1v) is 5.25. The number of carbonyl (C=O) groups is 2. The normalized spacial score (nSPS) is 10.1. The van der Waals surface area contributed by atoms with Crippen LogP contribution >= 0.6 is 0 Å². The van der Waals surface area contributed by atoms with Gasteiger partial charge < -0.3 is 16.6 Å². The minimum absolute atomic E-state index is 0.165. The first-order chi connectivity index (χ1) is 8.99. The molecule has 0 aliphatic rings. The van der Waals surface area contributed by atoms with E-state index in [1.165, 1.54) is 12.3 Å². The van der Waals surface area contributed by atoms with Crippen molar-refractivity contribution < 1.29 is 14.7 Å². The maximum atomic E-state index is 11.1. The fourth-order valence-corrected chi connectivity index (χ4v) is 1.53. The van der Waals surface area contributed by atoms with Gasteiger partial charge in [0.1, 0.15) is 0 Å². The number of aromatic nitrogens is 2. The Labute approximate surface area is 107 Å². The van der Waals surface area contributed by atoms with E-state index in [1.807, 2.05) is 0 Å². The third-order valence-electron chi connectivity index (χ3n) is 2.45. The average molecular weight is 258 g/mol. The van der Waals surface area contributed by atoms with Crippen LogP contribution < -0.4 is 11.5 Å². The Morgan fingerprint density at radius 3 is 2.63 bits per heavy atom. The van der Waals surface area contributed by atoms with Crippen LogP contribution in [0.3, 0.4) is 0 Å². The largest absolute Gasteiger partial charge is 0.476 e. The molecule has 7 heteroatoms. The maximum Gasteiger partial charge on any atom is 0.358 e.